The summed E-state index contributed by atoms with van der Waals surface area (Å²) in [5.41, 5.74) is 7.60. The van der Waals surface area contributed by atoms with Crippen molar-refractivity contribution in [3.63, 3.8) is 0 Å². The summed E-state index contributed by atoms with van der Waals surface area (Å²) in [6.07, 6.45) is 12.2. The highest BCUT2D eigenvalue weighted by atomic mass is 16.3. The molecule has 3 aromatic rings. The van der Waals surface area contributed by atoms with Crippen molar-refractivity contribution >= 4 is 11.4 Å². The number of phenols is 1. The summed E-state index contributed by atoms with van der Waals surface area (Å²) >= 11 is 0. The predicted octanol–water partition coefficient (Wildman–Crippen LogP) is 6.87. The molecular formula is C29H26NO+. The lowest BCUT2D eigenvalue weighted by molar-refractivity contribution is -0.492. The van der Waals surface area contributed by atoms with Crippen LogP contribution < -0.4 is 0 Å². The van der Waals surface area contributed by atoms with E-state index in [0.717, 1.165) is 24.9 Å². The van der Waals surface area contributed by atoms with E-state index >= 15 is 0 Å². The van der Waals surface area contributed by atoms with Gasteiger partial charge in [-0.15, -0.1) is 0 Å². The maximum atomic E-state index is 9.88. The van der Waals surface area contributed by atoms with E-state index in [1.165, 1.54) is 28.0 Å². The number of phenolic OH excluding ortho intramolecular Hbond substituents is 1. The number of hydrogen-bond donors (Lipinski definition) is 1. The van der Waals surface area contributed by atoms with E-state index in [0.29, 0.717) is 0 Å². The van der Waals surface area contributed by atoms with Gasteiger partial charge in [-0.05, 0) is 48.3 Å². The molecule has 0 spiro atoms. The predicted molar refractivity (Wildman–Crippen MR) is 127 cm³/mol. The largest absolute Gasteiger partial charge is 0.508 e. The molecule has 2 heteroatoms. The van der Waals surface area contributed by atoms with E-state index in [9.17, 15) is 5.11 Å². The molecule has 1 atom stereocenters. The highest BCUT2D eigenvalue weighted by Crippen LogP contribution is 2.39. The number of nitrogens with zero attached hydrogens (tertiary/aromatic N) is 1. The highest BCUT2D eigenvalue weighted by Gasteiger charge is 2.35. The van der Waals surface area contributed by atoms with Crippen LogP contribution in [0, 0.1) is 0 Å². The molecule has 1 N–H and O–H groups in total. The van der Waals surface area contributed by atoms with Crippen LogP contribution in [0.3, 0.4) is 0 Å². The van der Waals surface area contributed by atoms with Gasteiger partial charge in [0.05, 0.1) is 0 Å². The summed E-state index contributed by atoms with van der Waals surface area (Å²) in [6.45, 7) is 0. The van der Waals surface area contributed by atoms with E-state index in [2.05, 4.69) is 89.5 Å². The van der Waals surface area contributed by atoms with Crippen LogP contribution in [-0.2, 0) is 0 Å². The SMILES string of the molecule is Oc1ccc([N+]2=C(c3ccccc3)C=C(C3=CC=CCC3)CC2c2ccccc2)cc1. The van der Waals surface area contributed by atoms with Gasteiger partial charge in [0, 0.05) is 35.8 Å². The first-order valence-corrected chi connectivity index (χ1v) is 10.9. The van der Waals surface area contributed by atoms with Gasteiger partial charge in [-0.2, -0.15) is 4.58 Å². The molecule has 152 valence electrons. The Morgan fingerprint density at radius 3 is 2.16 bits per heavy atom. The first kappa shape index (κ1) is 19.3. The Balaban J connectivity index is 1.76. The van der Waals surface area contributed by atoms with E-state index in [1.54, 1.807) is 12.1 Å². The van der Waals surface area contributed by atoms with Crippen LogP contribution in [-0.4, -0.2) is 15.4 Å². The van der Waals surface area contributed by atoms with Gasteiger partial charge >= 0.3 is 0 Å². The van der Waals surface area contributed by atoms with Crippen LogP contribution in [0.1, 0.15) is 36.4 Å². The minimum atomic E-state index is 0.174. The Kier molecular flexibility index (Phi) is 5.37. The molecule has 0 amide bonds. The van der Waals surface area contributed by atoms with Gasteiger partial charge in [0.1, 0.15) is 5.75 Å². The number of rotatable bonds is 4. The van der Waals surface area contributed by atoms with Crippen molar-refractivity contribution in [1.82, 2.24) is 0 Å². The lowest BCUT2D eigenvalue weighted by Crippen LogP contribution is -2.27. The normalized spacial score (nSPS) is 18.5. The number of hydrogen-bond acceptors (Lipinski definition) is 1. The molecule has 1 unspecified atom stereocenters. The second-order valence-corrected chi connectivity index (χ2v) is 8.10. The van der Waals surface area contributed by atoms with Crippen LogP contribution in [0.2, 0.25) is 0 Å². The number of benzene rings is 3. The summed E-state index contributed by atoms with van der Waals surface area (Å²) in [7, 11) is 0. The fourth-order valence-corrected chi connectivity index (χ4v) is 4.56. The smallest absolute Gasteiger partial charge is 0.213 e. The zero-order valence-corrected chi connectivity index (χ0v) is 17.5. The van der Waals surface area contributed by atoms with Crippen molar-refractivity contribution in [2.75, 3.05) is 0 Å². The fraction of sp³-hybridized carbons (Fsp3) is 0.138. The third kappa shape index (κ3) is 4.02. The third-order valence-electron chi connectivity index (χ3n) is 6.10. The molecule has 0 radical (unpaired) electrons. The highest BCUT2D eigenvalue weighted by molar-refractivity contribution is 6.07. The van der Waals surface area contributed by atoms with Crippen molar-refractivity contribution in [1.29, 1.82) is 0 Å². The van der Waals surface area contributed by atoms with E-state index in [-0.39, 0.29) is 11.8 Å². The zero-order chi connectivity index (χ0) is 21.0. The molecule has 0 saturated heterocycles. The fourth-order valence-electron chi connectivity index (χ4n) is 4.56. The van der Waals surface area contributed by atoms with E-state index in [4.69, 9.17) is 0 Å². The lowest BCUT2D eigenvalue weighted by atomic mass is 9.85. The average molecular weight is 405 g/mol. The van der Waals surface area contributed by atoms with Crippen molar-refractivity contribution in [3.8, 4) is 5.75 Å². The molecule has 0 aromatic heterocycles. The van der Waals surface area contributed by atoms with Crippen LogP contribution in [0.15, 0.2) is 120 Å². The summed E-state index contributed by atoms with van der Waals surface area (Å²) in [4.78, 5) is 0. The molecule has 3 aromatic carbocycles. The summed E-state index contributed by atoms with van der Waals surface area (Å²) in [5, 5.41) is 9.88. The Morgan fingerprint density at radius 2 is 1.48 bits per heavy atom. The molecule has 1 aliphatic heterocycles. The van der Waals surface area contributed by atoms with E-state index in [1.807, 2.05) is 12.1 Å². The van der Waals surface area contributed by atoms with Crippen LogP contribution in [0.5, 0.6) is 5.75 Å². The molecule has 5 rings (SSSR count). The molecule has 2 nitrogen and oxygen atoms in total. The monoisotopic (exact) mass is 404 g/mol. The van der Waals surface area contributed by atoms with Gasteiger partial charge in [-0.25, -0.2) is 0 Å². The van der Waals surface area contributed by atoms with Gasteiger partial charge < -0.3 is 5.11 Å². The number of allylic oxidation sites excluding steroid dienone is 5. The van der Waals surface area contributed by atoms with Gasteiger partial charge in [0.15, 0.2) is 6.04 Å². The maximum Gasteiger partial charge on any atom is 0.213 e. The minimum Gasteiger partial charge on any atom is -0.508 e. The lowest BCUT2D eigenvalue weighted by Gasteiger charge is -2.26. The van der Waals surface area contributed by atoms with Crippen molar-refractivity contribution < 1.29 is 9.68 Å². The molecule has 1 heterocycles. The van der Waals surface area contributed by atoms with Crippen LogP contribution in [0.4, 0.5) is 5.69 Å². The van der Waals surface area contributed by atoms with Gasteiger partial charge in [0.25, 0.3) is 0 Å². The molecule has 0 bridgehead atoms. The van der Waals surface area contributed by atoms with Crippen LogP contribution in [0.25, 0.3) is 0 Å². The second kappa shape index (κ2) is 8.61. The van der Waals surface area contributed by atoms with Crippen molar-refractivity contribution in [2.45, 2.75) is 25.3 Å². The second-order valence-electron chi connectivity index (χ2n) is 8.10. The van der Waals surface area contributed by atoms with Crippen molar-refractivity contribution in [2.24, 2.45) is 0 Å². The Labute approximate surface area is 183 Å². The standard InChI is InChI=1S/C29H25NO/c31-27-18-16-26(17-19-27)30-28(23-12-6-2-7-13-23)20-25(22-10-4-1-5-11-22)21-29(30)24-14-8-3-9-15-24/h1-4,6-10,12-20,29H,5,11,21H2/p+1. The summed E-state index contributed by atoms with van der Waals surface area (Å²) in [5.74, 6) is 0.286. The minimum absolute atomic E-state index is 0.174. The molecule has 1 aliphatic carbocycles. The molecule has 0 saturated carbocycles. The first-order chi connectivity index (χ1) is 15.3. The summed E-state index contributed by atoms with van der Waals surface area (Å²) in [6, 6.07) is 29.1. The Morgan fingerprint density at radius 1 is 0.774 bits per heavy atom. The van der Waals surface area contributed by atoms with Crippen molar-refractivity contribution in [3.05, 3.63) is 132 Å². The third-order valence-corrected chi connectivity index (χ3v) is 6.10. The number of aromatic hydroxyl groups is 1. The Hall–Kier alpha value is -3.65. The maximum absolute atomic E-state index is 9.88. The first-order valence-electron chi connectivity index (χ1n) is 10.9. The molecule has 0 fully saturated rings. The van der Waals surface area contributed by atoms with Gasteiger partial charge in [-0.3, -0.25) is 0 Å². The topological polar surface area (TPSA) is 23.2 Å². The Bertz CT molecular complexity index is 1180. The molecule has 31 heavy (non-hydrogen) atoms. The van der Waals surface area contributed by atoms with Gasteiger partial charge in [0.2, 0.25) is 11.4 Å². The van der Waals surface area contributed by atoms with E-state index < -0.39 is 0 Å². The quantitative estimate of drug-likeness (QED) is 0.471. The molecule has 2 aliphatic rings. The van der Waals surface area contributed by atoms with Gasteiger partial charge in [-0.1, -0.05) is 66.8 Å². The molecular weight excluding hydrogens is 378 g/mol. The zero-order valence-electron chi connectivity index (χ0n) is 17.5. The summed E-state index contributed by atoms with van der Waals surface area (Å²) < 4.78 is 2.42. The average Bonchev–Trinajstić information content (AvgIpc) is 2.85. The van der Waals surface area contributed by atoms with Crippen LogP contribution >= 0.6 is 0 Å².